The third-order valence-electron chi connectivity index (χ3n) is 3.76. The third-order valence-corrected chi connectivity index (χ3v) is 4.01. The number of urea groups is 1. The Bertz CT molecular complexity index is 770. The summed E-state index contributed by atoms with van der Waals surface area (Å²) in [6.45, 7) is 1.20. The smallest absolute Gasteiger partial charge is 0.325 e. The molecule has 1 N–H and O–H groups in total. The van der Waals surface area contributed by atoms with Gasteiger partial charge in [-0.25, -0.2) is 4.79 Å². The van der Waals surface area contributed by atoms with E-state index in [-0.39, 0.29) is 12.3 Å². The number of nitrogens with one attached hydrogen (secondary N) is 1. The van der Waals surface area contributed by atoms with E-state index in [1.54, 1.807) is 43.3 Å². The molecule has 1 aliphatic rings. The maximum atomic E-state index is 12.6. The van der Waals surface area contributed by atoms with Crippen LogP contribution >= 0.6 is 11.6 Å². The molecule has 2 heterocycles. The minimum Gasteiger partial charge on any atom is -0.466 e. The number of imide groups is 1. The molecule has 1 saturated heterocycles. The predicted molar refractivity (Wildman–Crippen MR) is 82.1 cm³/mol. The van der Waals surface area contributed by atoms with Crippen molar-refractivity contribution in [2.45, 2.75) is 12.5 Å². The van der Waals surface area contributed by atoms with Crippen LogP contribution in [0.5, 0.6) is 0 Å². The first-order chi connectivity index (χ1) is 10.9. The largest absolute Gasteiger partial charge is 0.466 e. The third kappa shape index (κ3) is 2.61. The van der Waals surface area contributed by atoms with Crippen molar-refractivity contribution in [3.63, 3.8) is 0 Å². The topological polar surface area (TPSA) is 79.6 Å². The summed E-state index contributed by atoms with van der Waals surface area (Å²) in [5, 5.41) is 3.07. The van der Waals surface area contributed by atoms with Crippen LogP contribution in [0.4, 0.5) is 4.79 Å². The van der Waals surface area contributed by atoms with Crippen molar-refractivity contribution >= 4 is 29.3 Å². The molecule has 0 radical (unpaired) electrons. The average molecular weight is 333 g/mol. The zero-order chi connectivity index (χ0) is 16.6. The number of halogens is 1. The summed E-state index contributed by atoms with van der Waals surface area (Å²) in [6, 6.07) is 8.85. The van der Waals surface area contributed by atoms with Gasteiger partial charge in [0.05, 0.1) is 12.8 Å². The van der Waals surface area contributed by atoms with Gasteiger partial charge in [0.2, 0.25) is 0 Å². The Labute approximate surface area is 137 Å². The fraction of sp³-hybridized carbons (Fsp3) is 0.188. The molecule has 1 fully saturated rings. The highest BCUT2D eigenvalue weighted by atomic mass is 35.5. The first kappa shape index (κ1) is 15.3. The van der Waals surface area contributed by atoms with Crippen LogP contribution in [0.3, 0.4) is 0 Å². The molecule has 0 saturated carbocycles. The number of Topliss-reactive ketones (excluding diaryl/α,β-unsaturated/α-hetero) is 1. The Morgan fingerprint density at radius 2 is 1.96 bits per heavy atom. The van der Waals surface area contributed by atoms with Crippen LogP contribution in [0, 0.1) is 0 Å². The first-order valence-corrected chi connectivity index (χ1v) is 7.26. The summed E-state index contributed by atoms with van der Waals surface area (Å²) < 4.78 is 5.23. The molecule has 1 atom stereocenters. The van der Waals surface area contributed by atoms with Crippen LogP contribution in [0.15, 0.2) is 47.1 Å². The molecule has 1 unspecified atom stereocenters. The number of rotatable bonds is 4. The molecule has 118 valence electrons. The number of amides is 3. The second-order valence-corrected chi connectivity index (χ2v) is 5.79. The summed E-state index contributed by atoms with van der Waals surface area (Å²) in [6.07, 6.45) is 1.42. The van der Waals surface area contributed by atoms with Crippen LogP contribution < -0.4 is 5.32 Å². The van der Waals surface area contributed by atoms with Crippen LogP contribution in [-0.2, 0) is 10.3 Å². The van der Waals surface area contributed by atoms with Crippen molar-refractivity contribution in [1.29, 1.82) is 0 Å². The predicted octanol–water partition coefficient (Wildman–Crippen LogP) is 2.58. The monoisotopic (exact) mass is 332 g/mol. The van der Waals surface area contributed by atoms with E-state index in [1.807, 2.05) is 0 Å². The zero-order valence-electron chi connectivity index (χ0n) is 12.2. The van der Waals surface area contributed by atoms with Crippen molar-refractivity contribution in [3.05, 3.63) is 59.0 Å². The van der Waals surface area contributed by atoms with Gasteiger partial charge in [-0.1, -0.05) is 11.6 Å². The van der Waals surface area contributed by atoms with Crippen molar-refractivity contribution in [2.24, 2.45) is 0 Å². The molecule has 3 amide bonds. The van der Waals surface area contributed by atoms with E-state index in [0.717, 1.165) is 4.90 Å². The molecule has 0 bridgehead atoms. The van der Waals surface area contributed by atoms with Gasteiger partial charge in [0.25, 0.3) is 5.91 Å². The Balaban J connectivity index is 1.81. The van der Waals surface area contributed by atoms with Gasteiger partial charge >= 0.3 is 6.03 Å². The lowest BCUT2D eigenvalue weighted by Crippen LogP contribution is -2.41. The van der Waals surface area contributed by atoms with Crippen molar-refractivity contribution in [3.8, 4) is 0 Å². The Kier molecular flexibility index (Phi) is 3.69. The van der Waals surface area contributed by atoms with E-state index in [9.17, 15) is 14.4 Å². The highest BCUT2D eigenvalue weighted by molar-refractivity contribution is 6.30. The van der Waals surface area contributed by atoms with Crippen molar-refractivity contribution < 1.29 is 18.8 Å². The molecule has 1 aromatic heterocycles. The van der Waals surface area contributed by atoms with Crippen LogP contribution in [-0.4, -0.2) is 29.2 Å². The van der Waals surface area contributed by atoms with Gasteiger partial charge in [0.15, 0.2) is 11.3 Å². The minimum absolute atomic E-state index is 0.317. The maximum absolute atomic E-state index is 12.6. The van der Waals surface area contributed by atoms with E-state index in [4.69, 9.17) is 16.0 Å². The van der Waals surface area contributed by atoms with Gasteiger partial charge in [-0.2, -0.15) is 0 Å². The van der Waals surface area contributed by atoms with Gasteiger partial charge in [-0.3, -0.25) is 14.5 Å². The van der Waals surface area contributed by atoms with E-state index in [2.05, 4.69) is 5.32 Å². The summed E-state index contributed by atoms with van der Waals surface area (Å²) in [5.74, 6) is -0.564. The molecule has 3 rings (SSSR count). The second kappa shape index (κ2) is 5.55. The fourth-order valence-electron chi connectivity index (χ4n) is 2.44. The molecular weight excluding hydrogens is 320 g/mol. The van der Waals surface area contributed by atoms with Crippen LogP contribution in [0.25, 0.3) is 0 Å². The standard InChI is InChI=1S/C16H13ClN2O4/c1-16(13-3-2-8-23-13)14(21)19(15(22)18-16)9-12(20)10-4-6-11(17)7-5-10/h2-8H,9H2,1H3,(H,18,22). The highest BCUT2D eigenvalue weighted by Crippen LogP contribution is 2.29. The Morgan fingerprint density at radius 1 is 1.26 bits per heavy atom. The number of benzene rings is 1. The van der Waals surface area contributed by atoms with E-state index >= 15 is 0 Å². The second-order valence-electron chi connectivity index (χ2n) is 5.35. The number of hydrogen-bond donors (Lipinski definition) is 1. The molecule has 1 aliphatic heterocycles. The van der Waals surface area contributed by atoms with E-state index in [1.165, 1.54) is 6.26 Å². The zero-order valence-corrected chi connectivity index (χ0v) is 13.0. The number of furan rings is 1. The van der Waals surface area contributed by atoms with Gasteiger partial charge < -0.3 is 9.73 Å². The number of carbonyl (C=O) groups is 3. The summed E-state index contributed by atoms with van der Waals surface area (Å²) in [5.41, 5.74) is -0.928. The number of ketones is 1. The lowest BCUT2D eigenvalue weighted by atomic mass is 9.99. The van der Waals surface area contributed by atoms with Crippen molar-refractivity contribution in [1.82, 2.24) is 10.2 Å². The number of hydrogen-bond acceptors (Lipinski definition) is 4. The molecule has 7 heteroatoms. The van der Waals surface area contributed by atoms with Crippen LogP contribution in [0.2, 0.25) is 5.02 Å². The quantitative estimate of drug-likeness (QED) is 0.689. The van der Waals surface area contributed by atoms with Crippen molar-refractivity contribution in [2.75, 3.05) is 6.54 Å². The summed E-state index contributed by atoms with van der Waals surface area (Å²) in [4.78, 5) is 37.8. The first-order valence-electron chi connectivity index (χ1n) is 6.88. The fourth-order valence-corrected chi connectivity index (χ4v) is 2.57. The van der Waals surface area contributed by atoms with Gasteiger partial charge in [-0.15, -0.1) is 0 Å². The van der Waals surface area contributed by atoms with Gasteiger partial charge in [0, 0.05) is 10.6 Å². The SMILES string of the molecule is CC1(c2ccco2)NC(=O)N(CC(=O)c2ccc(Cl)cc2)C1=O. The average Bonchev–Trinajstić information content (AvgIpc) is 3.12. The van der Waals surface area contributed by atoms with E-state index < -0.39 is 17.5 Å². The minimum atomic E-state index is -1.30. The Hall–Kier alpha value is -2.60. The lowest BCUT2D eigenvalue weighted by molar-refractivity contribution is -0.131. The molecule has 2 aromatic rings. The molecular formula is C16H13ClN2O4. The number of nitrogens with zero attached hydrogens (tertiary/aromatic N) is 1. The van der Waals surface area contributed by atoms with Gasteiger partial charge in [0.1, 0.15) is 5.76 Å². The Morgan fingerprint density at radius 3 is 2.57 bits per heavy atom. The normalized spacial score (nSPS) is 20.7. The molecule has 0 spiro atoms. The summed E-state index contributed by atoms with van der Waals surface area (Å²) >= 11 is 5.78. The lowest BCUT2D eigenvalue weighted by Gasteiger charge is -2.18. The van der Waals surface area contributed by atoms with E-state index in [0.29, 0.717) is 16.3 Å². The summed E-state index contributed by atoms with van der Waals surface area (Å²) in [7, 11) is 0. The molecule has 0 aliphatic carbocycles. The molecule has 6 nitrogen and oxygen atoms in total. The number of carbonyl (C=O) groups excluding carboxylic acids is 3. The highest BCUT2D eigenvalue weighted by Gasteiger charge is 2.51. The van der Waals surface area contributed by atoms with Crippen LogP contribution in [0.1, 0.15) is 23.0 Å². The maximum Gasteiger partial charge on any atom is 0.325 e. The van der Waals surface area contributed by atoms with Gasteiger partial charge in [-0.05, 0) is 43.3 Å². The molecule has 23 heavy (non-hydrogen) atoms. The molecule has 1 aromatic carbocycles.